The van der Waals surface area contributed by atoms with Crippen LogP contribution in [0.4, 0.5) is 5.69 Å². The van der Waals surface area contributed by atoms with Crippen LogP contribution in [0.25, 0.3) is 6.08 Å². The van der Waals surface area contributed by atoms with Gasteiger partial charge in [0.05, 0.1) is 17.3 Å². The van der Waals surface area contributed by atoms with E-state index < -0.39 is 5.97 Å². The topological polar surface area (TPSA) is 71.0 Å². The average Bonchev–Trinajstić information content (AvgIpc) is 3.38. The van der Waals surface area contributed by atoms with Gasteiger partial charge in [0.25, 0.3) is 5.91 Å². The third-order valence-corrected chi connectivity index (χ3v) is 7.36. The van der Waals surface area contributed by atoms with Gasteiger partial charge in [-0.1, -0.05) is 86.1 Å². The van der Waals surface area contributed by atoms with Crippen molar-refractivity contribution in [2.45, 2.75) is 45.1 Å². The number of rotatable bonds is 9. The van der Waals surface area contributed by atoms with E-state index in [0.717, 1.165) is 61.1 Å². The monoisotopic (exact) mass is 521 g/mol. The van der Waals surface area contributed by atoms with Gasteiger partial charge < -0.3 is 10.1 Å². The maximum absolute atomic E-state index is 13.6. The van der Waals surface area contributed by atoms with Crippen LogP contribution in [-0.4, -0.2) is 35.7 Å². The van der Waals surface area contributed by atoms with Crippen molar-refractivity contribution in [3.63, 3.8) is 0 Å². The molecule has 0 bridgehead atoms. The smallest absolute Gasteiger partial charge is 0.340 e. The Morgan fingerprint density at radius 1 is 1.00 bits per heavy atom. The van der Waals surface area contributed by atoms with Crippen LogP contribution in [-0.2, 0) is 9.53 Å². The summed E-state index contributed by atoms with van der Waals surface area (Å²) < 4.78 is 5.56. The number of hydrazone groups is 1. The summed E-state index contributed by atoms with van der Waals surface area (Å²) in [7, 11) is 0. The van der Waals surface area contributed by atoms with Crippen LogP contribution in [0.5, 0.6) is 0 Å². The molecule has 0 radical (unpaired) electrons. The molecule has 1 aliphatic heterocycles. The zero-order chi connectivity index (χ0) is 27.0. The van der Waals surface area contributed by atoms with E-state index >= 15 is 0 Å². The molecule has 0 unspecified atom stereocenters. The molecule has 2 atom stereocenters. The lowest BCUT2D eigenvalue weighted by Crippen LogP contribution is -2.34. The molecule has 39 heavy (non-hydrogen) atoms. The first-order valence-corrected chi connectivity index (χ1v) is 13.9. The Kier molecular flexibility index (Phi) is 8.51. The van der Waals surface area contributed by atoms with Gasteiger partial charge in [-0.15, -0.1) is 0 Å². The number of allylic oxidation sites excluding steroid dienone is 1. The molecule has 0 spiro atoms. The van der Waals surface area contributed by atoms with Crippen molar-refractivity contribution in [3.05, 3.63) is 107 Å². The van der Waals surface area contributed by atoms with Crippen LogP contribution >= 0.6 is 0 Å². The van der Waals surface area contributed by atoms with E-state index in [-0.39, 0.29) is 24.5 Å². The third kappa shape index (κ3) is 6.11. The Labute approximate surface area is 230 Å². The minimum absolute atomic E-state index is 0.0965. The van der Waals surface area contributed by atoms with E-state index in [9.17, 15) is 9.59 Å². The molecule has 1 heterocycles. The predicted molar refractivity (Wildman–Crippen MR) is 155 cm³/mol. The highest BCUT2D eigenvalue weighted by molar-refractivity contribution is 6.08. The summed E-state index contributed by atoms with van der Waals surface area (Å²) in [5, 5.41) is 9.75. The quantitative estimate of drug-likeness (QED) is 0.246. The number of carbonyl (C=O) groups excluding carboxylic acids is 2. The number of fused-ring (bicyclic) bond motifs is 1. The van der Waals surface area contributed by atoms with Gasteiger partial charge >= 0.3 is 5.97 Å². The number of carbonyl (C=O) groups is 2. The number of amides is 1. The number of benzene rings is 3. The SMILES string of the molecule is CCCCNc1ccccc1C(=O)OCC(=O)N1N=C2/C(=C/c3ccccc3)CCC[C@H]2[C@H]1c1ccccc1. The second-order valence-electron chi connectivity index (χ2n) is 10.1. The van der Waals surface area contributed by atoms with Crippen LogP contribution in [0.3, 0.4) is 0 Å². The van der Waals surface area contributed by atoms with E-state index in [1.54, 1.807) is 17.1 Å². The highest BCUT2D eigenvalue weighted by Crippen LogP contribution is 2.44. The molecular weight excluding hydrogens is 486 g/mol. The molecule has 5 rings (SSSR count). The fraction of sp³-hybridized carbons (Fsp3) is 0.303. The number of ether oxygens (including phenoxy) is 1. The minimum Gasteiger partial charge on any atom is -0.452 e. The van der Waals surface area contributed by atoms with Gasteiger partial charge in [0.1, 0.15) is 0 Å². The number of nitrogens with zero attached hydrogens (tertiary/aromatic N) is 2. The fourth-order valence-electron chi connectivity index (χ4n) is 5.43. The summed E-state index contributed by atoms with van der Waals surface area (Å²) in [6, 6.07) is 27.3. The summed E-state index contributed by atoms with van der Waals surface area (Å²) in [6.45, 7) is 2.52. The number of esters is 1. The van der Waals surface area contributed by atoms with Gasteiger partial charge in [-0.2, -0.15) is 5.10 Å². The lowest BCUT2D eigenvalue weighted by atomic mass is 9.77. The van der Waals surface area contributed by atoms with Crippen LogP contribution in [0, 0.1) is 5.92 Å². The largest absolute Gasteiger partial charge is 0.452 e. The standard InChI is InChI=1S/C33H35N3O3/c1-2-3-21-34-29-20-11-10-18-27(29)33(38)39-23-30(37)36-32(25-15-8-5-9-16-25)28-19-12-17-26(31(28)35-36)22-24-13-6-4-7-14-24/h4-11,13-16,18,20,22,28,32,34H,2-3,12,17,19,21,23H2,1H3/b26-22+/t28-,32-/m1/s1. The first kappa shape index (κ1) is 26.4. The van der Waals surface area contributed by atoms with Crippen LogP contribution < -0.4 is 5.32 Å². The number of para-hydroxylation sites is 1. The first-order chi connectivity index (χ1) is 19.2. The first-order valence-electron chi connectivity index (χ1n) is 13.9. The lowest BCUT2D eigenvalue weighted by Gasteiger charge is -2.29. The number of anilines is 1. The van der Waals surface area contributed by atoms with Crippen LogP contribution in [0.2, 0.25) is 0 Å². The summed E-state index contributed by atoms with van der Waals surface area (Å²) >= 11 is 0. The number of hydrogen-bond donors (Lipinski definition) is 1. The second kappa shape index (κ2) is 12.6. The maximum atomic E-state index is 13.6. The van der Waals surface area contributed by atoms with E-state index in [0.29, 0.717) is 11.3 Å². The number of nitrogens with one attached hydrogen (secondary N) is 1. The van der Waals surface area contributed by atoms with Crippen molar-refractivity contribution >= 4 is 29.4 Å². The summed E-state index contributed by atoms with van der Waals surface area (Å²) in [6.07, 6.45) is 7.14. The van der Waals surface area contributed by atoms with Gasteiger partial charge in [-0.05, 0) is 60.6 Å². The van der Waals surface area contributed by atoms with Crippen molar-refractivity contribution in [3.8, 4) is 0 Å². The Morgan fingerprint density at radius 2 is 1.72 bits per heavy atom. The molecule has 1 fully saturated rings. The normalized spacial score (nSPS) is 19.4. The highest BCUT2D eigenvalue weighted by atomic mass is 16.5. The Bertz CT molecular complexity index is 1350. The highest BCUT2D eigenvalue weighted by Gasteiger charge is 2.43. The second-order valence-corrected chi connectivity index (χ2v) is 10.1. The molecule has 200 valence electrons. The summed E-state index contributed by atoms with van der Waals surface area (Å²) in [4.78, 5) is 26.6. The Morgan fingerprint density at radius 3 is 2.49 bits per heavy atom. The minimum atomic E-state index is -0.520. The molecule has 1 aliphatic carbocycles. The van der Waals surface area contributed by atoms with Gasteiger partial charge in [0.15, 0.2) is 6.61 Å². The van der Waals surface area contributed by atoms with E-state index in [4.69, 9.17) is 9.84 Å². The molecule has 2 aliphatic rings. The van der Waals surface area contributed by atoms with E-state index in [2.05, 4.69) is 30.4 Å². The third-order valence-electron chi connectivity index (χ3n) is 7.36. The Balaban J connectivity index is 1.37. The summed E-state index contributed by atoms with van der Waals surface area (Å²) in [5.41, 5.74) is 5.43. The van der Waals surface area contributed by atoms with Crippen LogP contribution in [0.15, 0.2) is 95.6 Å². The van der Waals surface area contributed by atoms with Crippen molar-refractivity contribution in [2.75, 3.05) is 18.5 Å². The van der Waals surface area contributed by atoms with E-state index in [1.807, 2.05) is 60.7 Å². The Hall–Kier alpha value is -4.19. The predicted octanol–water partition coefficient (Wildman–Crippen LogP) is 6.88. The maximum Gasteiger partial charge on any atom is 0.340 e. The summed E-state index contributed by atoms with van der Waals surface area (Å²) in [5.74, 6) is -0.748. The van der Waals surface area contributed by atoms with Gasteiger partial charge in [-0.3, -0.25) is 4.79 Å². The molecule has 6 heteroatoms. The van der Waals surface area contributed by atoms with Crippen molar-refractivity contribution in [1.82, 2.24) is 5.01 Å². The molecule has 0 saturated heterocycles. The van der Waals surface area contributed by atoms with Crippen molar-refractivity contribution < 1.29 is 14.3 Å². The zero-order valence-corrected chi connectivity index (χ0v) is 22.4. The molecule has 6 nitrogen and oxygen atoms in total. The number of hydrogen-bond acceptors (Lipinski definition) is 5. The van der Waals surface area contributed by atoms with Crippen LogP contribution in [0.1, 0.15) is 66.6 Å². The van der Waals surface area contributed by atoms with Gasteiger partial charge in [0.2, 0.25) is 0 Å². The molecule has 1 N–H and O–H groups in total. The molecule has 3 aromatic carbocycles. The van der Waals surface area contributed by atoms with Crippen molar-refractivity contribution in [1.29, 1.82) is 0 Å². The molecule has 1 saturated carbocycles. The number of unbranched alkanes of at least 4 members (excludes halogenated alkanes) is 1. The average molecular weight is 522 g/mol. The molecule has 1 amide bonds. The fourth-order valence-corrected chi connectivity index (χ4v) is 5.43. The van der Waals surface area contributed by atoms with Crippen molar-refractivity contribution in [2.24, 2.45) is 11.0 Å². The van der Waals surface area contributed by atoms with E-state index in [1.165, 1.54) is 0 Å². The zero-order valence-electron chi connectivity index (χ0n) is 22.4. The van der Waals surface area contributed by atoms with Gasteiger partial charge in [0, 0.05) is 18.2 Å². The molecular formula is C33H35N3O3. The van der Waals surface area contributed by atoms with Gasteiger partial charge in [-0.25, -0.2) is 9.80 Å². The molecule has 0 aromatic heterocycles. The lowest BCUT2D eigenvalue weighted by molar-refractivity contribution is -0.137. The molecule has 3 aromatic rings.